The summed E-state index contributed by atoms with van der Waals surface area (Å²) in [6.07, 6.45) is 6.50. The summed E-state index contributed by atoms with van der Waals surface area (Å²) in [5.41, 5.74) is 0.688. The maximum Gasteiger partial charge on any atom is 0.162 e. The van der Waals surface area contributed by atoms with Crippen LogP contribution < -0.4 is 5.32 Å². The molecule has 0 saturated heterocycles. The Labute approximate surface area is 125 Å². The Balaban J connectivity index is 2.12. The van der Waals surface area contributed by atoms with E-state index < -0.39 is 5.82 Å². The number of nitrogens with zero attached hydrogens (tertiary/aromatic N) is 2. The van der Waals surface area contributed by atoms with Crippen molar-refractivity contribution in [3.63, 3.8) is 0 Å². The lowest BCUT2D eigenvalue weighted by atomic mass is 10.1. The van der Waals surface area contributed by atoms with Gasteiger partial charge in [0.15, 0.2) is 17.3 Å². The average molecular weight is 295 g/mol. The van der Waals surface area contributed by atoms with Crippen LogP contribution in [0.15, 0.2) is 36.7 Å². The van der Waals surface area contributed by atoms with Crippen molar-refractivity contribution < 1.29 is 14.6 Å². The van der Waals surface area contributed by atoms with Crippen molar-refractivity contribution in [3.05, 3.63) is 48.0 Å². The number of halogens is 1. The van der Waals surface area contributed by atoms with Crippen LogP contribution in [0.5, 0.6) is 11.5 Å². The summed E-state index contributed by atoms with van der Waals surface area (Å²) >= 11 is 0. The number of rotatable bonds is 2. The van der Waals surface area contributed by atoms with Crippen molar-refractivity contribution in [1.82, 2.24) is 9.97 Å². The number of hydrogen-bond donors (Lipinski definition) is 3. The SMILES string of the molecule is C#Cc1cccc(Nc2ncnc3cc(O)c(O)cc23)c1F. The van der Waals surface area contributed by atoms with Gasteiger partial charge >= 0.3 is 0 Å². The highest BCUT2D eigenvalue weighted by atomic mass is 19.1. The molecule has 1 aromatic heterocycles. The van der Waals surface area contributed by atoms with Gasteiger partial charge in [-0.1, -0.05) is 12.0 Å². The number of nitrogens with one attached hydrogen (secondary N) is 1. The van der Waals surface area contributed by atoms with E-state index in [-0.39, 0.29) is 28.6 Å². The van der Waals surface area contributed by atoms with E-state index in [1.165, 1.54) is 30.6 Å². The molecule has 22 heavy (non-hydrogen) atoms. The predicted octanol–water partition coefficient (Wildman–Crippen LogP) is 2.91. The highest BCUT2D eigenvalue weighted by Gasteiger charge is 2.11. The molecule has 0 unspecified atom stereocenters. The second kappa shape index (κ2) is 5.22. The standard InChI is InChI=1S/C16H10FN3O2/c1-2-9-4-3-5-11(15(9)17)20-16-10-6-13(21)14(22)7-12(10)18-8-19-16/h1,3-8,21-22H,(H,18,19,20). The Kier molecular flexibility index (Phi) is 3.24. The van der Waals surface area contributed by atoms with Crippen LogP contribution in [0.4, 0.5) is 15.9 Å². The molecule has 0 radical (unpaired) electrons. The second-order valence-corrected chi connectivity index (χ2v) is 4.52. The van der Waals surface area contributed by atoms with Crippen molar-refractivity contribution >= 4 is 22.4 Å². The van der Waals surface area contributed by atoms with Gasteiger partial charge in [0, 0.05) is 11.5 Å². The van der Waals surface area contributed by atoms with Crippen LogP contribution in [0.3, 0.4) is 0 Å². The van der Waals surface area contributed by atoms with Gasteiger partial charge in [0.2, 0.25) is 0 Å². The smallest absolute Gasteiger partial charge is 0.162 e. The quantitative estimate of drug-likeness (QED) is 0.500. The zero-order chi connectivity index (χ0) is 15.7. The van der Waals surface area contributed by atoms with Gasteiger partial charge in [-0.3, -0.25) is 0 Å². The number of aromatic hydroxyl groups is 2. The molecule has 1 heterocycles. The average Bonchev–Trinajstić information content (AvgIpc) is 2.51. The van der Waals surface area contributed by atoms with Crippen LogP contribution in [0.1, 0.15) is 5.56 Å². The molecule has 0 atom stereocenters. The third kappa shape index (κ3) is 2.25. The minimum absolute atomic E-state index is 0.129. The molecule has 6 heteroatoms. The molecule has 3 N–H and O–H groups in total. The number of benzene rings is 2. The fourth-order valence-electron chi connectivity index (χ4n) is 2.05. The summed E-state index contributed by atoms with van der Waals surface area (Å²) in [7, 11) is 0. The van der Waals surface area contributed by atoms with Gasteiger partial charge < -0.3 is 15.5 Å². The minimum Gasteiger partial charge on any atom is -0.504 e. The molecule has 0 aliphatic rings. The summed E-state index contributed by atoms with van der Waals surface area (Å²) in [6.45, 7) is 0. The zero-order valence-corrected chi connectivity index (χ0v) is 11.2. The fourth-order valence-corrected chi connectivity index (χ4v) is 2.05. The number of fused-ring (bicyclic) bond motifs is 1. The molecule has 0 bridgehead atoms. The Morgan fingerprint density at radius 3 is 2.68 bits per heavy atom. The maximum atomic E-state index is 14.2. The van der Waals surface area contributed by atoms with E-state index in [9.17, 15) is 14.6 Å². The van der Waals surface area contributed by atoms with Crippen LogP contribution in [0.25, 0.3) is 10.9 Å². The Hall–Kier alpha value is -3.33. The lowest BCUT2D eigenvalue weighted by Crippen LogP contribution is -1.99. The predicted molar refractivity (Wildman–Crippen MR) is 80.5 cm³/mol. The van der Waals surface area contributed by atoms with Crippen molar-refractivity contribution in [2.45, 2.75) is 0 Å². The number of terminal acetylenes is 1. The number of anilines is 2. The summed E-state index contributed by atoms with van der Waals surface area (Å²) in [4.78, 5) is 8.03. The number of phenolic OH excluding ortho intramolecular Hbond substituents is 2. The molecule has 0 aliphatic heterocycles. The van der Waals surface area contributed by atoms with E-state index in [1.54, 1.807) is 6.07 Å². The molecule has 5 nitrogen and oxygen atoms in total. The van der Waals surface area contributed by atoms with Gasteiger partial charge in [-0.05, 0) is 18.2 Å². The van der Waals surface area contributed by atoms with Gasteiger partial charge in [-0.15, -0.1) is 6.42 Å². The van der Waals surface area contributed by atoms with Crippen molar-refractivity contribution in [1.29, 1.82) is 0 Å². The van der Waals surface area contributed by atoms with Crippen LogP contribution in [-0.2, 0) is 0 Å². The summed E-state index contributed by atoms with van der Waals surface area (Å²) in [6, 6.07) is 7.22. The van der Waals surface area contributed by atoms with Gasteiger partial charge in [-0.2, -0.15) is 0 Å². The molecule has 2 aromatic carbocycles. The number of phenols is 2. The third-order valence-electron chi connectivity index (χ3n) is 3.14. The molecule has 0 aliphatic carbocycles. The normalized spacial score (nSPS) is 10.4. The molecule has 0 saturated carbocycles. The zero-order valence-electron chi connectivity index (χ0n) is 11.2. The van der Waals surface area contributed by atoms with Gasteiger partial charge in [-0.25, -0.2) is 14.4 Å². The molecule has 3 aromatic rings. The number of aromatic nitrogens is 2. The van der Waals surface area contributed by atoms with Crippen LogP contribution in [0, 0.1) is 18.2 Å². The topological polar surface area (TPSA) is 78.3 Å². The molecule has 0 fully saturated rings. The molecule has 0 amide bonds. The first kappa shape index (κ1) is 13.6. The van der Waals surface area contributed by atoms with E-state index >= 15 is 0 Å². The van der Waals surface area contributed by atoms with E-state index in [4.69, 9.17) is 6.42 Å². The lowest BCUT2D eigenvalue weighted by molar-refractivity contribution is 0.405. The summed E-state index contributed by atoms with van der Waals surface area (Å²) in [5.74, 6) is 1.36. The van der Waals surface area contributed by atoms with Gasteiger partial charge in [0.05, 0.1) is 16.8 Å². The molecule has 0 spiro atoms. The van der Waals surface area contributed by atoms with Crippen molar-refractivity contribution in [2.75, 3.05) is 5.32 Å². The Morgan fingerprint density at radius 1 is 1.14 bits per heavy atom. The summed E-state index contributed by atoms with van der Waals surface area (Å²) in [5, 5.41) is 22.4. The molecule has 3 rings (SSSR count). The van der Waals surface area contributed by atoms with Crippen molar-refractivity contribution in [2.24, 2.45) is 0 Å². The first-order valence-corrected chi connectivity index (χ1v) is 6.29. The van der Waals surface area contributed by atoms with Gasteiger partial charge in [0.1, 0.15) is 12.1 Å². The fraction of sp³-hybridized carbons (Fsp3) is 0. The minimum atomic E-state index is -0.570. The van der Waals surface area contributed by atoms with E-state index in [0.717, 1.165) is 0 Å². The monoisotopic (exact) mass is 295 g/mol. The Morgan fingerprint density at radius 2 is 1.91 bits per heavy atom. The van der Waals surface area contributed by atoms with Crippen LogP contribution >= 0.6 is 0 Å². The van der Waals surface area contributed by atoms with E-state index in [2.05, 4.69) is 21.2 Å². The van der Waals surface area contributed by atoms with Crippen molar-refractivity contribution in [3.8, 4) is 23.8 Å². The van der Waals surface area contributed by atoms with Gasteiger partial charge in [0.25, 0.3) is 0 Å². The molecule has 108 valence electrons. The lowest BCUT2D eigenvalue weighted by Gasteiger charge is -2.10. The summed E-state index contributed by atoms with van der Waals surface area (Å²) < 4.78 is 14.2. The Bertz CT molecular complexity index is 919. The molecular formula is C16H10FN3O2. The van der Waals surface area contributed by atoms with Crippen LogP contribution in [-0.4, -0.2) is 20.2 Å². The molecular weight excluding hydrogens is 285 g/mol. The highest BCUT2D eigenvalue weighted by molar-refractivity contribution is 5.92. The second-order valence-electron chi connectivity index (χ2n) is 4.52. The largest absolute Gasteiger partial charge is 0.504 e. The maximum absolute atomic E-state index is 14.2. The first-order valence-electron chi connectivity index (χ1n) is 6.29. The number of hydrogen-bond acceptors (Lipinski definition) is 5. The highest BCUT2D eigenvalue weighted by Crippen LogP contribution is 2.33. The third-order valence-corrected chi connectivity index (χ3v) is 3.14. The van der Waals surface area contributed by atoms with E-state index in [1.807, 2.05) is 0 Å². The first-order chi connectivity index (χ1) is 10.6. The van der Waals surface area contributed by atoms with Crippen LogP contribution in [0.2, 0.25) is 0 Å². The van der Waals surface area contributed by atoms with E-state index in [0.29, 0.717) is 10.9 Å².